The molecule has 2 atom stereocenters. The van der Waals surface area contributed by atoms with Gasteiger partial charge in [-0.2, -0.15) is 0 Å². The lowest BCUT2D eigenvalue weighted by atomic mass is 9.80. The Kier molecular flexibility index (Phi) is 3.75. The predicted octanol–water partition coefficient (Wildman–Crippen LogP) is 3.69. The summed E-state index contributed by atoms with van der Waals surface area (Å²) in [7, 11) is 0. The van der Waals surface area contributed by atoms with E-state index in [1.807, 2.05) is 18.2 Å². The summed E-state index contributed by atoms with van der Waals surface area (Å²) in [5, 5.41) is 0. The van der Waals surface area contributed by atoms with E-state index in [2.05, 4.69) is 29.3 Å². The Morgan fingerprint density at radius 1 is 1.20 bits per heavy atom. The molecule has 1 saturated carbocycles. The van der Waals surface area contributed by atoms with Crippen LogP contribution in [0.5, 0.6) is 0 Å². The molecule has 0 N–H and O–H groups in total. The molecule has 1 aromatic carbocycles. The molecule has 3 aliphatic rings. The molecule has 4 rings (SSSR count). The van der Waals surface area contributed by atoms with Crippen molar-refractivity contribution in [2.45, 2.75) is 44.7 Å². The van der Waals surface area contributed by atoms with Crippen molar-refractivity contribution in [2.24, 2.45) is 5.92 Å². The van der Waals surface area contributed by atoms with E-state index in [0.29, 0.717) is 12.5 Å². The highest BCUT2D eigenvalue weighted by molar-refractivity contribution is 5.80. The molecule has 1 aromatic rings. The largest absolute Gasteiger partial charge is 0.331 e. The molecule has 2 heteroatoms. The van der Waals surface area contributed by atoms with Crippen LogP contribution < -0.4 is 0 Å². The zero-order valence-electron chi connectivity index (χ0n) is 11.8. The van der Waals surface area contributed by atoms with Gasteiger partial charge in [-0.25, -0.2) is 0 Å². The fourth-order valence-corrected chi connectivity index (χ4v) is 3.54. The molecular weight excluding hydrogens is 246 g/mol. The van der Waals surface area contributed by atoms with Crippen molar-refractivity contribution in [3.05, 3.63) is 53.8 Å². The van der Waals surface area contributed by atoms with E-state index < -0.39 is 0 Å². The van der Waals surface area contributed by atoms with Gasteiger partial charge < -0.3 is 4.90 Å². The van der Waals surface area contributed by atoms with E-state index in [0.717, 1.165) is 32.1 Å². The first-order valence-corrected chi connectivity index (χ1v) is 7.53. The molecule has 104 valence electrons. The van der Waals surface area contributed by atoms with Crippen LogP contribution in [0.25, 0.3) is 0 Å². The van der Waals surface area contributed by atoms with Crippen molar-refractivity contribution < 1.29 is 4.79 Å². The third-order valence-corrected chi connectivity index (χ3v) is 4.62. The second-order valence-electron chi connectivity index (χ2n) is 5.84. The van der Waals surface area contributed by atoms with Crippen LogP contribution in [0.2, 0.25) is 0 Å². The molecule has 1 amide bonds. The summed E-state index contributed by atoms with van der Waals surface area (Å²) in [6.07, 6.45) is 5.26. The van der Waals surface area contributed by atoms with Crippen molar-refractivity contribution in [1.82, 2.24) is 4.90 Å². The molecule has 2 bridgehead atoms. The number of piperidine rings is 1. The van der Waals surface area contributed by atoms with Crippen molar-refractivity contribution in [2.75, 3.05) is 0 Å². The third-order valence-electron chi connectivity index (χ3n) is 4.62. The standard InChI is InChI=1S/C18H21NO/c1-2-15-9-6-10-16-11-12-17(15)19(18(16)20)13-14-7-4-3-5-8-14/h3-5,7-8,16-17H,1,6,9-13H2. The van der Waals surface area contributed by atoms with Gasteiger partial charge in [0.15, 0.2) is 0 Å². The van der Waals surface area contributed by atoms with Gasteiger partial charge in [0.05, 0.1) is 6.04 Å². The number of hydrogen-bond donors (Lipinski definition) is 0. The molecule has 2 unspecified atom stereocenters. The van der Waals surface area contributed by atoms with E-state index in [1.165, 1.54) is 11.1 Å². The Balaban J connectivity index is 1.90. The van der Waals surface area contributed by atoms with E-state index in [-0.39, 0.29) is 12.0 Å². The number of benzene rings is 1. The molecule has 0 aromatic heterocycles. The fourth-order valence-electron chi connectivity index (χ4n) is 3.54. The van der Waals surface area contributed by atoms with Gasteiger partial charge in [0.1, 0.15) is 0 Å². The lowest BCUT2D eigenvalue weighted by molar-refractivity contribution is -0.142. The van der Waals surface area contributed by atoms with Crippen molar-refractivity contribution >= 4 is 5.91 Å². The summed E-state index contributed by atoms with van der Waals surface area (Å²) in [5.41, 5.74) is 5.54. The number of hydrogen-bond acceptors (Lipinski definition) is 1. The Hall–Kier alpha value is -1.79. The third kappa shape index (κ3) is 2.44. The van der Waals surface area contributed by atoms with Crippen LogP contribution in [0.15, 0.2) is 48.2 Å². The number of carbonyl (C=O) groups is 1. The maximum Gasteiger partial charge on any atom is 0.226 e. The first-order chi connectivity index (χ1) is 9.79. The van der Waals surface area contributed by atoms with Gasteiger partial charge >= 0.3 is 0 Å². The van der Waals surface area contributed by atoms with E-state index in [9.17, 15) is 4.79 Å². The van der Waals surface area contributed by atoms with Crippen molar-refractivity contribution in [1.29, 1.82) is 0 Å². The highest BCUT2D eigenvalue weighted by Crippen LogP contribution is 2.36. The number of rotatable bonds is 2. The highest BCUT2D eigenvalue weighted by atomic mass is 16.2. The quantitative estimate of drug-likeness (QED) is 0.748. The SMILES string of the molecule is C=C=C1CCCC2CCC1N(Cc1ccccc1)C2=O. The summed E-state index contributed by atoms with van der Waals surface area (Å²) in [6.45, 7) is 4.55. The molecule has 2 saturated heterocycles. The average molecular weight is 267 g/mol. The van der Waals surface area contributed by atoms with Gasteiger partial charge in [0.2, 0.25) is 5.91 Å². The first-order valence-electron chi connectivity index (χ1n) is 7.53. The molecule has 2 nitrogen and oxygen atoms in total. The van der Waals surface area contributed by atoms with Gasteiger partial charge in [-0.1, -0.05) is 36.9 Å². The second-order valence-corrected chi connectivity index (χ2v) is 5.84. The van der Waals surface area contributed by atoms with Crippen molar-refractivity contribution in [3.8, 4) is 0 Å². The number of carbonyl (C=O) groups excluding carboxylic acids is 1. The molecule has 3 fully saturated rings. The summed E-state index contributed by atoms with van der Waals surface area (Å²) < 4.78 is 0. The lowest BCUT2D eigenvalue weighted by Gasteiger charge is -2.42. The number of nitrogens with zero attached hydrogens (tertiary/aromatic N) is 1. The van der Waals surface area contributed by atoms with Crippen LogP contribution in [-0.2, 0) is 11.3 Å². The number of amides is 1. The van der Waals surface area contributed by atoms with Gasteiger partial charge in [-0.15, -0.1) is 5.73 Å². The van der Waals surface area contributed by atoms with Crippen LogP contribution >= 0.6 is 0 Å². The van der Waals surface area contributed by atoms with E-state index in [4.69, 9.17) is 0 Å². The molecule has 1 aliphatic carbocycles. The lowest BCUT2D eigenvalue weighted by Crippen LogP contribution is -2.49. The van der Waals surface area contributed by atoms with Crippen LogP contribution in [0.3, 0.4) is 0 Å². The van der Waals surface area contributed by atoms with Crippen molar-refractivity contribution in [3.63, 3.8) is 0 Å². The minimum Gasteiger partial charge on any atom is -0.331 e. The maximum absolute atomic E-state index is 12.7. The average Bonchev–Trinajstić information content (AvgIpc) is 2.45. The van der Waals surface area contributed by atoms with Gasteiger partial charge in [0.25, 0.3) is 0 Å². The molecular formula is C18H21NO. The minimum absolute atomic E-state index is 0.219. The van der Waals surface area contributed by atoms with Gasteiger partial charge in [-0.3, -0.25) is 4.79 Å². The maximum atomic E-state index is 12.7. The van der Waals surface area contributed by atoms with Gasteiger partial charge in [-0.05, 0) is 43.2 Å². The van der Waals surface area contributed by atoms with E-state index >= 15 is 0 Å². The Morgan fingerprint density at radius 3 is 2.75 bits per heavy atom. The zero-order chi connectivity index (χ0) is 13.9. The second kappa shape index (κ2) is 5.68. The normalized spacial score (nSPS) is 26.1. The summed E-state index contributed by atoms with van der Waals surface area (Å²) in [6, 6.07) is 10.5. The topological polar surface area (TPSA) is 20.3 Å². The highest BCUT2D eigenvalue weighted by Gasteiger charge is 2.38. The Labute approximate surface area is 120 Å². The molecule has 2 aliphatic heterocycles. The van der Waals surface area contributed by atoms with Crippen LogP contribution in [0.4, 0.5) is 0 Å². The first kappa shape index (κ1) is 13.2. The summed E-state index contributed by atoms with van der Waals surface area (Å²) in [5.74, 6) is 0.568. The van der Waals surface area contributed by atoms with Crippen LogP contribution in [0.1, 0.15) is 37.7 Å². The minimum atomic E-state index is 0.219. The smallest absolute Gasteiger partial charge is 0.226 e. The summed E-state index contributed by atoms with van der Waals surface area (Å²) >= 11 is 0. The summed E-state index contributed by atoms with van der Waals surface area (Å²) in [4.78, 5) is 14.8. The van der Waals surface area contributed by atoms with Gasteiger partial charge in [0, 0.05) is 12.5 Å². The zero-order valence-corrected chi connectivity index (χ0v) is 11.8. The molecule has 20 heavy (non-hydrogen) atoms. The van der Waals surface area contributed by atoms with Crippen LogP contribution in [-0.4, -0.2) is 16.8 Å². The van der Waals surface area contributed by atoms with E-state index in [1.54, 1.807) is 0 Å². The predicted molar refractivity (Wildman–Crippen MR) is 80.0 cm³/mol. The number of fused-ring (bicyclic) bond motifs is 5. The Bertz CT molecular complexity index is 540. The Morgan fingerprint density at radius 2 is 2.00 bits per heavy atom. The monoisotopic (exact) mass is 267 g/mol. The molecule has 2 heterocycles. The molecule has 0 spiro atoms. The van der Waals surface area contributed by atoms with Crippen LogP contribution in [0, 0.1) is 5.92 Å². The fraction of sp³-hybridized carbons (Fsp3) is 0.444. The molecule has 0 radical (unpaired) electrons.